The topological polar surface area (TPSA) is 21.3 Å². The van der Waals surface area contributed by atoms with E-state index in [2.05, 4.69) is 5.32 Å². The Hall–Kier alpha value is -1.58. The Morgan fingerprint density at radius 2 is 2.10 bits per heavy atom. The van der Waals surface area contributed by atoms with Crippen LogP contribution in [0.4, 0.5) is 4.39 Å². The first-order valence-corrected chi connectivity index (χ1v) is 7.46. The fraction of sp³-hybridized carbons (Fsp3) is 0.294. The molecule has 1 saturated carbocycles. The predicted octanol–water partition coefficient (Wildman–Crippen LogP) is 4.83. The van der Waals surface area contributed by atoms with Gasteiger partial charge in [-0.15, -0.1) is 0 Å². The number of hydrogen-bond acceptors (Lipinski definition) is 2. The molecular formula is C17H17ClFNO. The van der Waals surface area contributed by atoms with Crippen LogP contribution in [-0.4, -0.2) is 6.04 Å². The number of para-hydroxylation sites is 1. The van der Waals surface area contributed by atoms with E-state index >= 15 is 0 Å². The molecule has 1 fully saturated rings. The summed E-state index contributed by atoms with van der Waals surface area (Å²) in [5, 5.41) is 3.98. The molecule has 2 aromatic rings. The second kappa shape index (κ2) is 6.04. The molecular weight excluding hydrogens is 289 g/mol. The van der Waals surface area contributed by atoms with Gasteiger partial charge in [0.2, 0.25) is 0 Å². The van der Waals surface area contributed by atoms with Crippen molar-refractivity contribution in [2.75, 3.05) is 0 Å². The molecule has 21 heavy (non-hydrogen) atoms. The van der Waals surface area contributed by atoms with Crippen molar-refractivity contribution in [2.24, 2.45) is 0 Å². The molecule has 110 valence electrons. The van der Waals surface area contributed by atoms with Crippen LogP contribution in [0.25, 0.3) is 0 Å². The lowest BCUT2D eigenvalue weighted by Gasteiger charge is -2.15. The normalized spacial score (nSPS) is 14.2. The summed E-state index contributed by atoms with van der Waals surface area (Å²) in [6.07, 6.45) is 2.44. The summed E-state index contributed by atoms with van der Waals surface area (Å²) in [7, 11) is 0. The highest BCUT2D eigenvalue weighted by Gasteiger charge is 2.21. The molecule has 1 aliphatic rings. The van der Waals surface area contributed by atoms with Crippen LogP contribution in [-0.2, 0) is 6.54 Å². The molecule has 0 unspecified atom stereocenters. The Labute approximate surface area is 128 Å². The van der Waals surface area contributed by atoms with Crippen molar-refractivity contribution < 1.29 is 9.13 Å². The van der Waals surface area contributed by atoms with E-state index in [0.717, 1.165) is 11.1 Å². The van der Waals surface area contributed by atoms with Crippen LogP contribution in [0.2, 0.25) is 5.02 Å². The minimum atomic E-state index is -0.319. The zero-order valence-electron chi connectivity index (χ0n) is 11.8. The van der Waals surface area contributed by atoms with Gasteiger partial charge in [0.05, 0.1) is 5.02 Å². The molecule has 3 rings (SSSR count). The van der Waals surface area contributed by atoms with Crippen LogP contribution in [0.15, 0.2) is 36.4 Å². The fourth-order valence-electron chi connectivity index (χ4n) is 2.14. The fourth-order valence-corrected chi connectivity index (χ4v) is 2.38. The minimum absolute atomic E-state index is 0.319. The van der Waals surface area contributed by atoms with E-state index in [-0.39, 0.29) is 5.82 Å². The molecule has 0 amide bonds. The minimum Gasteiger partial charge on any atom is -0.455 e. The van der Waals surface area contributed by atoms with Gasteiger partial charge >= 0.3 is 0 Å². The molecule has 0 aromatic heterocycles. The Kier molecular flexibility index (Phi) is 4.13. The van der Waals surface area contributed by atoms with E-state index in [1.54, 1.807) is 12.1 Å². The van der Waals surface area contributed by atoms with Gasteiger partial charge in [0.1, 0.15) is 11.6 Å². The second-order valence-corrected chi connectivity index (χ2v) is 5.80. The summed E-state index contributed by atoms with van der Waals surface area (Å²) in [6, 6.07) is 10.8. The maximum atomic E-state index is 13.4. The smallest absolute Gasteiger partial charge is 0.150 e. The van der Waals surface area contributed by atoms with Gasteiger partial charge in [-0.2, -0.15) is 0 Å². The third-order valence-electron chi connectivity index (χ3n) is 3.57. The van der Waals surface area contributed by atoms with Crippen LogP contribution >= 0.6 is 11.6 Å². The number of ether oxygens (including phenoxy) is 1. The summed E-state index contributed by atoms with van der Waals surface area (Å²) >= 11 is 6.26. The number of halogens is 2. The average Bonchev–Trinajstić information content (AvgIpc) is 3.27. The Bertz CT molecular complexity index is 655. The van der Waals surface area contributed by atoms with Crippen LogP contribution in [0.5, 0.6) is 11.5 Å². The molecule has 0 heterocycles. The molecule has 0 saturated heterocycles. The lowest BCUT2D eigenvalue weighted by atomic mass is 10.2. The van der Waals surface area contributed by atoms with Gasteiger partial charge in [-0.05, 0) is 37.5 Å². The van der Waals surface area contributed by atoms with E-state index in [0.29, 0.717) is 29.1 Å². The quantitative estimate of drug-likeness (QED) is 0.854. The van der Waals surface area contributed by atoms with Crippen molar-refractivity contribution in [1.29, 1.82) is 0 Å². The van der Waals surface area contributed by atoms with Gasteiger partial charge in [0, 0.05) is 24.2 Å². The zero-order valence-corrected chi connectivity index (χ0v) is 12.6. The van der Waals surface area contributed by atoms with E-state index < -0.39 is 0 Å². The Morgan fingerprint density at radius 3 is 2.86 bits per heavy atom. The molecule has 0 bridgehead atoms. The summed E-state index contributed by atoms with van der Waals surface area (Å²) in [5.41, 5.74) is 1.86. The lowest BCUT2D eigenvalue weighted by molar-refractivity contribution is 0.464. The first-order valence-electron chi connectivity index (χ1n) is 7.08. The van der Waals surface area contributed by atoms with Crippen LogP contribution in [0, 0.1) is 12.7 Å². The molecule has 0 atom stereocenters. The monoisotopic (exact) mass is 305 g/mol. The highest BCUT2D eigenvalue weighted by molar-refractivity contribution is 6.32. The SMILES string of the molecule is Cc1ccc(F)cc1Oc1c(Cl)cccc1CNC1CC1. The van der Waals surface area contributed by atoms with Crippen LogP contribution in [0.1, 0.15) is 24.0 Å². The van der Waals surface area contributed by atoms with Gasteiger partial charge < -0.3 is 10.1 Å². The van der Waals surface area contributed by atoms with Gasteiger partial charge in [-0.3, -0.25) is 0 Å². The Morgan fingerprint density at radius 1 is 1.29 bits per heavy atom. The van der Waals surface area contributed by atoms with Crippen molar-refractivity contribution in [3.8, 4) is 11.5 Å². The number of nitrogens with one attached hydrogen (secondary N) is 1. The maximum Gasteiger partial charge on any atom is 0.150 e. The average molecular weight is 306 g/mol. The van der Waals surface area contributed by atoms with Gasteiger partial charge in [0.15, 0.2) is 5.75 Å². The van der Waals surface area contributed by atoms with Crippen molar-refractivity contribution in [3.05, 3.63) is 58.4 Å². The highest BCUT2D eigenvalue weighted by atomic mass is 35.5. The number of rotatable bonds is 5. The van der Waals surface area contributed by atoms with E-state index in [1.807, 2.05) is 19.1 Å². The predicted molar refractivity (Wildman–Crippen MR) is 82.5 cm³/mol. The molecule has 2 aromatic carbocycles. The lowest BCUT2D eigenvalue weighted by Crippen LogP contribution is -2.15. The summed E-state index contributed by atoms with van der Waals surface area (Å²) in [5.74, 6) is 0.775. The first kappa shape index (κ1) is 14.4. The third kappa shape index (κ3) is 3.55. The third-order valence-corrected chi connectivity index (χ3v) is 3.87. The molecule has 0 radical (unpaired) electrons. The first-order chi connectivity index (χ1) is 10.1. The number of aryl methyl sites for hydroxylation is 1. The van der Waals surface area contributed by atoms with Crippen molar-refractivity contribution in [1.82, 2.24) is 5.32 Å². The standard InChI is InChI=1S/C17H17ClFNO/c1-11-5-6-13(19)9-16(11)21-17-12(3-2-4-15(17)18)10-20-14-7-8-14/h2-6,9,14,20H,7-8,10H2,1H3. The van der Waals surface area contributed by atoms with Gasteiger partial charge in [0.25, 0.3) is 0 Å². The largest absolute Gasteiger partial charge is 0.455 e. The molecule has 0 aliphatic heterocycles. The van der Waals surface area contributed by atoms with Crippen LogP contribution < -0.4 is 10.1 Å². The second-order valence-electron chi connectivity index (χ2n) is 5.40. The van der Waals surface area contributed by atoms with E-state index in [1.165, 1.54) is 25.0 Å². The summed E-state index contributed by atoms with van der Waals surface area (Å²) in [6.45, 7) is 2.59. The molecule has 0 spiro atoms. The molecule has 4 heteroatoms. The van der Waals surface area contributed by atoms with Crippen LogP contribution in [0.3, 0.4) is 0 Å². The molecule has 2 nitrogen and oxygen atoms in total. The summed E-state index contributed by atoms with van der Waals surface area (Å²) < 4.78 is 19.3. The number of benzene rings is 2. The van der Waals surface area contributed by atoms with E-state index in [9.17, 15) is 4.39 Å². The number of hydrogen-bond donors (Lipinski definition) is 1. The van der Waals surface area contributed by atoms with Gasteiger partial charge in [-0.1, -0.05) is 29.8 Å². The molecule has 1 aliphatic carbocycles. The maximum absolute atomic E-state index is 13.4. The van der Waals surface area contributed by atoms with E-state index in [4.69, 9.17) is 16.3 Å². The van der Waals surface area contributed by atoms with Crippen molar-refractivity contribution in [2.45, 2.75) is 32.4 Å². The van der Waals surface area contributed by atoms with Crippen molar-refractivity contribution in [3.63, 3.8) is 0 Å². The summed E-state index contributed by atoms with van der Waals surface area (Å²) in [4.78, 5) is 0. The molecule has 1 N–H and O–H groups in total. The van der Waals surface area contributed by atoms with Crippen molar-refractivity contribution >= 4 is 11.6 Å². The van der Waals surface area contributed by atoms with Gasteiger partial charge in [-0.25, -0.2) is 4.39 Å². The Balaban J connectivity index is 1.87. The zero-order chi connectivity index (χ0) is 14.8. The highest BCUT2D eigenvalue weighted by Crippen LogP contribution is 2.35.